The van der Waals surface area contributed by atoms with Crippen LogP contribution in [0.4, 0.5) is 5.82 Å². The first-order valence-corrected chi connectivity index (χ1v) is 11.0. The van der Waals surface area contributed by atoms with E-state index < -0.39 is 0 Å². The Hall–Kier alpha value is -4.13. The van der Waals surface area contributed by atoms with E-state index in [1.165, 1.54) is 0 Å². The number of pyridine rings is 1. The fraction of sp³-hybridized carbons (Fsp3) is 0.192. The summed E-state index contributed by atoms with van der Waals surface area (Å²) in [5.74, 6) is 3.94. The molecule has 6 rings (SSSR count). The Bertz CT molecular complexity index is 1330. The summed E-state index contributed by atoms with van der Waals surface area (Å²) in [4.78, 5) is 24.1. The molecule has 0 bridgehead atoms. The van der Waals surface area contributed by atoms with Gasteiger partial charge in [0.2, 0.25) is 5.91 Å². The van der Waals surface area contributed by atoms with Gasteiger partial charge in [0.25, 0.3) is 0 Å². The summed E-state index contributed by atoms with van der Waals surface area (Å²) in [7, 11) is 0. The van der Waals surface area contributed by atoms with Gasteiger partial charge in [0, 0.05) is 29.9 Å². The lowest BCUT2D eigenvalue weighted by Gasteiger charge is -2.25. The van der Waals surface area contributed by atoms with Crippen molar-refractivity contribution in [3.63, 3.8) is 0 Å². The number of fused-ring (bicyclic) bond motifs is 2. The lowest BCUT2D eigenvalue weighted by molar-refractivity contribution is -0.116. The van der Waals surface area contributed by atoms with E-state index >= 15 is 0 Å². The zero-order valence-electron chi connectivity index (χ0n) is 17.9. The highest BCUT2D eigenvalue weighted by atomic mass is 16.5. The molecule has 1 amide bonds. The molecule has 33 heavy (non-hydrogen) atoms. The third-order valence-corrected chi connectivity index (χ3v) is 6.09. The van der Waals surface area contributed by atoms with E-state index in [0.717, 1.165) is 46.1 Å². The van der Waals surface area contributed by atoms with Crippen molar-refractivity contribution in [2.45, 2.75) is 25.2 Å². The van der Waals surface area contributed by atoms with E-state index in [9.17, 15) is 4.79 Å². The van der Waals surface area contributed by atoms with Crippen molar-refractivity contribution in [1.82, 2.24) is 15.0 Å². The second-order valence-electron chi connectivity index (χ2n) is 8.31. The fourth-order valence-electron chi connectivity index (χ4n) is 4.39. The highest BCUT2D eigenvalue weighted by molar-refractivity contribution is 5.93. The number of ether oxygens (including phenoxy) is 2. The van der Waals surface area contributed by atoms with Crippen LogP contribution in [0.3, 0.4) is 0 Å². The number of aromatic amines is 1. The summed E-state index contributed by atoms with van der Waals surface area (Å²) < 4.78 is 12.3. The predicted molar refractivity (Wildman–Crippen MR) is 124 cm³/mol. The molecule has 7 heteroatoms. The van der Waals surface area contributed by atoms with Crippen LogP contribution in [0.1, 0.15) is 29.3 Å². The van der Waals surface area contributed by atoms with Crippen LogP contribution in [-0.2, 0) is 17.6 Å². The maximum atomic E-state index is 11.7. The Balaban J connectivity index is 1.23. The normalized spacial score (nSPS) is 16.8. The predicted octanol–water partition coefficient (Wildman–Crippen LogP) is 4.87. The van der Waals surface area contributed by atoms with Crippen LogP contribution in [0, 0.1) is 0 Å². The largest absolute Gasteiger partial charge is 0.493 e. The third kappa shape index (κ3) is 3.82. The maximum absolute atomic E-state index is 11.7. The smallest absolute Gasteiger partial charge is 0.225 e. The molecule has 2 aliphatic heterocycles. The number of anilines is 1. The lowest BCUT2D eigenvalue weighted by atomic mass is 9.96. The molecule has 4 aromatic rings. The van der Waals surface area contributed by atoms with Gasteiger partial charge in [0.1, 0.15) is 28.9 Å². The molecule has 0 unspecified atom stereocenters. The van der Waals surface area contributed by atoms with E-state index in [-0.39, 0.29) is 11.8 Å². The summed E-state index contributed by atoms with van der Waals surface area (Å²) in [6.07, 6.45) is 5.45. The molecule has 2 aromatic carbocycles. The number of H-pyrrole nitrogens is 1. The summed E-state index contributed by atoms with van der Waals surface area (Å²) >= 11 is 0. The van der Waals surface area contributed by atoms with Crippen molar-refractivity contribution < 1.29 is 14.3 Å². The molecule has 2 aromatic heterocycles. The Morgan fingerprint density at radius 2 is 1.97 bits per heavy atom. The second-order valence-corrected chi connectivity index (χ2v) is 8.31. The molecule has 0 aliphatic carbocycles. The minimum Gasteiger partial charge on any atom is -0.493 e. The van der Waals surface area contributed by atoms with Gasteiger partial charge in [-0.2, -0.15) is 0 Å². The first kappa shape index (κ1) is 19.5. The van der Waals surface area contributed by atoms with Crippen LogP contribution < -0.4 is 14.8 Å². The zero-order valence-corrected chi connectivity index (χ0v) is 17.9. The van der Waals surface area contributed by atoms with Gasteiger partial charge < -0.3 is 19.8 Å². The Kier molecular flexibility index (Phi) is 4.79. The number of hydrogen-bond donors (Lipinski definition) is 2. The van der Waals surface area contributed by atoms with Gasteiger partial charge in [0.05, 0.1) is 18.2 Å². The molecule has 0 saturated carbocycles. The van der Waals surface area contributed by atoms with Crippen LogP contribution in [0.25, 0.3) is 11.3 Å². The molecule has 7 nitrogen and oxygen atoms in total. The SMILES string of the molecule is O=C1CCc2c(Oc3ccc4c(c3)C[C@@H](c3nc(-c5ccccc5)c[nH]3)CO4)ccnc2N1. The quantitative estimate of drug-likeness (QED) is 0.475. The van der Waals surface area contributed by atoms with E-state index in [1.54, 1.807) is 6.20 Å². The summed E-state index contributed by atoms with van der Waals surface area (Å²) in [6.45, 7) is 0.576. The zero-order chi connectivity index (χ0) is 22.2. The topological polar surface area (TPSA) is 89.1 Å². The van der Waals surface area contributed by atoms with Crippen LogP contribution >= 0.6 is 0 Å². The standard InChI is InChI=1S/C26H22N4O3/c31-24-9-7-20-23(10-11-27-26(20)30-24)33-19-6-8-22-17(13-19)12-18(15-32-22)25-28-14-21(29-25)16-4-2-1-3-5-16/h1-6,8,10-11,13-14,18H,7,9,12,15H2,(H,28,29)(H,27,30,31)/t18-/m1/s1. The van der Waals surface area contributed by atoms with E-state index in [2.05, 4.69) is 27.4 Å². The summed E-state index contributed by atoms with van der Waals surface area (Å²) in [6, 6.07) is 17.9. The first-order valence-electron chi connectivity index (χ1n) is 11.0. The molecule has 0 spiro atoms. The molecule has 4 heterocycles. The van der Waals surface area contributed by atoms with Gasteiger partial charge in [-0.1, -0.05) is 30.3 Å². The Labute approximate surface area is 190 Å². The summed E-state index contributed by atoms with van der Waals surface area (Å²) in [5, 5.41) is 2.81. The minimum absolute atomic E-state index is 0.0162. The lowest BCUT2D eigenvalue weighted by Crippen LogP contribution is -2.20. The number of nitrogens with zero attached hydrogens (tertiary/aromatic N) is 2. The average molecular weight is 438 g/mol. The molecule has 1 atom stereocenters. The minimum atomic E-state index is -0.0162. The van der Waals surface area contributed by atoms with E-state index in [0.29, 0.717) is 31.0 Å². The van der Waals surface area contributed by atoms with Crippen LogP contribution in [0.2, 0.25) is 0 Å². The highest BCUT2D eigenvalue weighted by Gasteiger charge is 2.25. The number of rotatable bonds is 4. The van der Waals surface area contributed by atoms with Gasteiger partial charge in [-0.25, -0.2) is 9.97 Å². The monoisotopic (exact) mass is 438 g/mol. The van der Waals surface area contributed by atoms with Crippen molar-refractivity contribution >= 4 is 11.7 Å². The van der Waals surface area contributed by atoms with Crippen LogP contribution in [-0.4, -0.2) is 27.5 Å². The number of carbonyl (C=O) groups is 1. The van der Waals surface area contributed by atoms with Crippen molar-refractivity contribution in [3.05, 3.63) is 83.9 Å². The van der Waals surface area contributed by atoms with Gasteiger partial charge >= 0.3 is 0 Å². The highest BCUT2D eigenvalue weighted by Crippen LogP contribution is 2.37. The Morgan fingerprint density at radius 1 is 1.06 bits per heavy atom. The van der Waals surface area contributed by atoms with E-state index in [1.807, 2.05) is 48.7 Å². The molecule has 0 fully saturated rings. The molecule has 0 radical (unpaired) electrons. The average Bonchev–Trinajstić information content (AvgIpc) is 3.35. The number of benzene rings is 2. The van der Waals surface area contributed by atoms with Gasteiger partial charge in [0.15, 0.2) is 0 Å². The van der Waals surface area contributed by atoms with Crippen molar-refractivity contribution in [2.75, 3.05) is 11.9 Å². The van der Waals surface area contributed by atoms with Gasteiger partial charge in [-0.15, -0.1) is 0 Å². The second kappa shape index (κ2) is 8.09. The molecule has 2 N–H and O–H groups in total. The van der Waals surface area contributed by atoms with Crippen molar-refractivity contribution in [3.8, 4) is 28.5 Å². The Morgan fingerprint density at radius 3 is 2.88 bits per heavy atom. The molecular formula is C26H22N4O3. The van der Waals surface area contributed by atoms with Crippen LogP contribution in [0.15, 0.2) is 67.0 Å². The number of hydrogen-bond acceptors (Lipinski definition) is 5. The molecule has 164 valence electrons. The summed E-state index contributed by atoms with van der Waals surface area (Å²) in [5.41, 5.74) is 4.03. The number of aromatic nitrogens is 3. The van der Waals surface area contributed by atoms with E-state index in [4.69, 9.17) is 14.5 Å². The number of amides is 1. The number of imidazole rings is 1. The molecule has 0 saturated heterocycles. The van der Waals surface area contributed by atoms with Crippen molar-refractivity contribution in [2.24, 2.45) is 0 Å². The number of carbonyl (C=O) groups excluding carboxylic acids is 1. The maximum Gasteiger partial charge on any atom is 0.225 e. The van der Waals surface area contributed by atoms with Crippen LogP contribution in [0.5, 0.6) is 17.2 Å². The molecular weight excluding hydrogens is 416 g/mol. The number of nitrogens with one attached hydrogen (secondary N) is 2. The van der Waals surface area contributed by atoms with Gasteiger partial charge in [-0.05, 0) is 42.7 Å². The molecule has 2 aliphatic rings. The van der Waals surface area contributed by atoms with Gasteiger partial charge in [-0.3, -0.25) is 4.79 Å². The first-order chi connectivity index (χ1) is 16.2. The van der Waals surface area contributed by atoms with Crippen molar-refractivity contribution in [1.29, 1.82) is 0 Å². The fourth-order valence-corrected chi connectivity index (χ4v) is 4.39. The third-order valence-electron chi connectivity index (χ3n) is 6.09.